The summed E-state index contributed by atoms with van der Waals surface area (Å²) in [6.07, 6.45) is 5.76. The lowest BCUT2D eigenvalue weighted by Crippen LogP contribution is -1.77. The van der Waals surface area contributed by atoms with Gasteiger partial charge in [0.1, 0.15) is 5.03 Å². The van der Waals surface area contributed by atoms with Crippen molar-refractivity contribution >= 4 is 47.1 Å². The summed E-state index contributed by atoms with van der Waals surface area (Å²) in [5.41, 5.74) is 1.74. The van der Waals surface area contributed by atoms with Gasteiger partial charge in [0.15, 0.2) is 0 Å². The Bertz CT molecular complexity index is 529. The first-order valence-electron chi connectivity index (χ1n) is 4.92. The lowest BCUT2D eigenvalue weighted by molar-refractivity contribution is 1.000. The third kappa shape index (κ3) is 3.06. The molecule has 0 fully saturated rings. The van der Waals surface area contributed by atoms with Gasteiger partial charge in [-0.2, -0.15) is 5.10 Å². The second kappa shape index (κ2) is 5.63. The van der Waals surface area contributed by atoms with Gasteiger partial charge in [0.2, 0.25) is 0 Å². The van der Waals surface area contributed by atoms with Gasteiger partial charge in [-0.3, -0.25) is 5.10 Å². The van der Waals surface area contributed by atoms with E-state index >= 15 is 0 Å². The highest BCUT2D eigenvalue weighted by atomic mass is 35.5. The highest BCUT2D eigenvalue weighted by Crippen LogP contribution is 2.26. The van der Waals surface area contributed by atoms with Crippen LogP contribution in [-0.4, -0.2) is 16.5 Å². The number of aromatic nitrogens is 2. The lowest BCUT2D eigenvalue weighted by atomic mass is 10.2. The van der Waals surface area contributed by atoms with E-state index in [4.69, 9.17) is 23.2 Å². The van der Waals surface area contributed by atoms with E-state index < -0.39 is 0 Å². The molecule has 2 aromatic rings. The van der Waals surface area contributed by atoms with Gasteiger partial charge < -0.3 is 0 Å². The van der Waals surface area contributed by atoms with Gasteiger partial charge in [-0.05, 0) is 36.6 Å². The van der Waals surface area contributed by atoms with Gasteiger partial charge >= 0.3 is 0 Å². The molecule has 1 aromatic carbocycles. The van der Waals surface area contributed by atoms with Crippen LogP contribution in [0.1, 0.15) is 11.3 Å². The number of hydrogen-bond donors (Lipinski definition) is 1. The van der Waals surface area contributed by atoms with Crippen LogP contribution in [-0.2, 0) is 0 Å². The van der Waals surface area contributed by atoms with Gasteiger partial charge in [-0.1, -0.05) is 29.3 Å². The molecule has 17 heavy (non-hydrogen) atoms. The molecule has 2 rings (SSSR count). The number of rotatable bonds is 3. The van der Waals surface area contributed by atoms with Crippen LogP contribution in [0.2, 0.25) is 10.0 Å². The van der Waals surface area contributed by atoms with Gasteiger partial charge in [-0.15, -0.1) is 11.8 Å². The summed E-state index contributed by atoms with van der Waals surface area (Å²) in [5, 5.41) is 9.26. The molecule has 0 spiro atoms. The van der Waals surface area contributed by atoms with Crippen LogP contribution < -0.4 is 0 Å². The molecule has 0 bridgehead atoms. The van der Waals surface area contributed by atoms with Crippen molar-refractivity contribution in [3.05, 3.63) is 45.6 Å². The van der Waals surface area contributed by atoms with Crippen LogP contribution in [0.25, 0.3) is 12.2 Å². The van der Waals surface area contributed by atoms with Gasteiger partial charge in [-0.25, -0.2) is 0 Å². The van der Waals surface area contributed by atoms with E-state index in [0.29, 0.717) is 10.0 Å². The predicted molar refractivity (Wildman–Crippen MR) is 75.8 cm³/mol. The van der Waals surface area contributed by atoms with Crippen molar-refractivity contribution in [2.45, 2.75) is 5.03 Å². The molecule has 0 radical (unpaired) electrons. The third-order valence-corrected chi connectivity index (χ3v) is 3.50. The van der Waals surface area contributed by atoms with Crippen molar-refractivity contribution in [2.75, 3.05) is 6.26 Å². The molecule has 0 saturated heterocycles. The van der Waals surface area contributed by atoms with Gasteiger partial charge in [0, 0.05) is 15.6 Å². The molecule has 0 aliphatic heterocycles. The van der Waals surface area contributed by atoms with Crippen LogP contribution in [0.15, 0.2) is 29.3 Å². The Labute approximate surface area is 114 Å². The standard InChI is InChI=1S/C12H10Cl2N2S/c1-17-12-7-8(15-16-12)5-6-9-10(13)3-2-4-11(9)14/h2-7H,1H3,(H,15,16)/b6-5+. The minimum atomic E-state index is 0.637. The third-order valence-electron chi connectivity index (χ3n) is 2.21. The number of halogens is 2. The molecule has 0 unspecified atom stereocenters. The van der Waals surface area contributed by atoms with Crippen molar-refractivity contribution in [2.24, 2.45) is 0 Å². The molecular weight excluding hydrogens is 275 g/mol. The van der Waals surface area contributed by atoms with Gasteiger partial charge in [0.25, 0.3) is 0 Å². The molecule has 0 aliphatic rings. The number of thioether (sulfide) groups is 1. The second-order valence-corrected chi connectivity index (χ2v) is 4.98. The normalized spacial score (nSPS) is 11.2. The topological polar surface area (TPSA) is 28.7 Å². The maximum absolute atomic E-state index is 6.06. The van der Waals surface area contributed by atoms with E-state index in [1.807, 2.05) is 42.7 Å². The van der Waals surface area contributed by atoms with E-state index in [9.17, 15) is 0 Å². The first-order chi connectivity index (χ1) is 8.20. The first-order valence-corrected chi connectivity index (χ1v) is 6.90. The minimum absolute atomic E-state index is 0.637. The van der Waals surface area contributed by atoms with Crippen LogP contribution in [0.5, 0.6) is 0 Å². The van der Waals surface area contributed by atoms with Gasteiger partial charge in [0.05, 0.1) is 5.69 Å². The van der Waals surface area contributed by atoms with Crippen molar-refractivity contribution in [3.63, 3.8) is 0 Å². The Morgan fingerprint density at radius 1 is 1.24 bits per heavy atom. The Balaban J connectivity index is 2.25. The van der Waals surface area contributed by atoms with E-state index in [-0.39, 0.29) is 0 Å². The molecule has 0 amide bonds. The summed E-state index contributed by atoms with van der Waals surface area (Å²) in [4.78, 5) is 0. The summed E-state index contributed by atoms with van der Waals surface area (Å²) >= 11 is 13.7. The quantitative estimate of drug-likeness (QED) is 0.834. The Morgan fingerprint density at radius 2 is 1.94 bits per heavy atom. The molecule has 88 valence electrons. The summed E-state index contributed by atoms with van der Waals surface area (Å²) < 4.78 is 0. The lowest BCUT2D eigenvalue weighted by Gasteiger charge is -1.99. The zero-order chi connectivity index (χ0) is 12.3. The van der Waals surface area contributed by atoms with Crippen LogP contribution in [0.4, 0.5) is 0 Å². The monoisotopic (exact) mass is 284 g/mol. The Kier molecular flexibility index (Phi) is 4.15. The zero-order valence-corrected chi connectivity index (χ0v) is 11.4. The summed E-state index contributed by atoms with van der Waals surface area (Å²) in [7, 11) is 0. The Morgan fingerprint density at radius 3 is 2.53 bits per heavy atom. The maximum Gasteiger partial charge on any atom is 0.118 e. The largest absolute Gasteiger partial charge is 0.277 e. The number of aromatic amines is 1. The number of hydrogen-bond acceptors (Lipinski definition) is 2. The molecular formula is C12H10Cl2N2S. The molecule has 0 saturated carbocycles. The number of nitrogens with zero attached hydrogens (tertiary/aromatic N) is 1. The molecule has 2 nitrogen and oxygen atoms in total. The fraction of sp³-hybridized carbons (Fsp3) is 0.0833. The summed E-state index contributed by atoms with van der Waals surface area (Å²) in [5.74, 6) is 0. The molecule has 1 aromatic heterocycles. The minimum Gasteiger partial charge on any atom is -0.277 e. The smallest absolute Gasteiger partial charge is 0.118 e. The first kappa shape index (κ1) is 12.6. The fourth-order valence-corrected chi connectivity index (χ4v) is 2.26. The van der Waals surface area contributed by atoms with Crippen LogP contribution in [0.3, 0.4) is 0 Å². The van der Waals surface area contributed by atoms with E-state index in [2.05, 4.69) is 10.2 Å². The van der Waals surface area contributed by atoms with Crippen molar-refractivity contribution in [1.82, 2.24) is 10.2 Å². The van der Waals surface area contributed by atoms with E-state index in [1.165, 1.54) is 0 Å². The molecule has 0 atom stereocenters. The molecule has 1 N–H and O–H groups in total. The Hall–Kier alpha value is -0.900. The van der Waals surface area contributed by atoms with Crippen molar-refractivity contribution in [1.29, 1.82) is 0 Å². The molecule has 5 heteroatoms. The van der Waals surface area contributed by atoms with Crippen LogP contribution >= 0.6 is 35.0 Å². The highest BCUT2D eigenvalue weighted by Gasteiger charge is 2.01. The average Bonchev–Trinajstić information content (AvgIpc) is 2.76. The average molecular weight is 285 g/mol. The highest BCUT2D eigenvalue weighted by molar-refractivity contribution is 7.98. The number of nitrogens with one attached hydrogen (secondary N) is 1. The summed E-state index contributed by atoms with van der Waals surface area (Å²) in [6, 6.07) is 7.41. The summed E-state index contributed by atoms with van der Waals surface area (Å²) in [6.45, 7) is 0. The van der Waals surface area contributed by atoms with Crippen molar-refractivity contribution in [3.8, 4) is 0 Å². The molecule has 1 heterocycles. The molecule has 0 aliphatic carbocycles. The number of benzene rings is 1. The van der Waals surface area contributed by atoms with E-state index in [1.54, 1.807) is 11.8 Å². The van der Waals surface area contributed by atoms with E-state index in [0.717, 1.165) is 16.3 Å². The predicted octanol–water partition coefficient (Wildman–Crippen LogP) is 4.61. The van der Waals surface area contributed by atoms with Crippen molar-refractivity contribution < 1.29 is 0 Å². The second-order valence-electron chi connectivity index (χ2n) is 3.33. The van der Waals surface area contributed by atoms with Crippen LogP contribution in [0, 0.1) is 0 Å². The fourth-order valence-electron chi connectivity index (χ4n) is 1.35. The maximum atomic E-state index is 6.06. The number of H-pyrrole nitrogens is 1. The SMILES string of the molecule is CSc1cc(/C=C/c2c(Cl)cccc2Cl)[nH]n1. The zero-order valence-electron chi connectivity index (χ0n) is 9.08.